The van der Waals surface area contributed by atoms with Gasteiger partial charge in [0.1, 0.15) is 0 Å². The van der Waals surface area contributed by atoms with Crippen LogP contribution in [0.4, 0.5) is 5.69 Å². The first-order valence-corrected chi connectivity index (χ1v) is 9.05. The van der Waals surface area contributed by atoms with Crippen LogP contribution in [0.2, 0.25) is 0 Å². The number of hydrogen-bond donors (Lipinski definition) is 2. The van der Waals surface area contributed by atoms with Crippen LogP contribution in [0.1, 0.15) is 10.5 Å². The van der Waals surface area contributed by atoms with Crippen LogP contribution in [0.25, 0.3) is 10.9 Å². The van der Waals surface area contributed by atoms with E-state index in [1.165, 1.54) is 5.69 Å². The van der Waals surface area contributed by atoms with Gasteiger partial charge in [0.05, 0.1) is 5.52 Å². The molecule has 1 aliphatic heterocycles. The van der Waals surface area contributed by atoms with Gasteiger partial charge in [-0.2, -0.15) is 5.10 Å². The van der Waals surface area contributed by atoms with Crippen molar-refractivity contribution in [2.45, 2.75) is 0 Å². The van der Waals surface area contributed by atoms with E-state index in [2.05, 4.69) is 49.6 Å². The second-order valence-electron chi connectivity index (χ2n) is 6.54. The predicted octanol–water partition coefficient (Wildman–Crippen LogP) is 2.11. The molecule has 6 heteroatoms. The minimum absolute atomic E-state index is 0.120. The van der Waals surface area contributed by atoms with Crippen molar-refractivity contribution in [1.82, 2.24) is 20.4 Å². The largest absolute Gasteiger partial charge is 0.369 e. The number of hydrogen-bond acceptors (Lipinski definition) is 4. The lowest BCUT2D eigenvalue weighted by Gasteiger charge is -2.36. The Morgan fingerprint density at radius 1 is 1.00 bits per heavy atom. The summed E-state index contributed by atoms with van der Waals surface area (Å²) in [6.07, 6.45) is 0. The standard InChI is InChI=1S/C20H23N5O/c26-20(19-17-8-4-5-9-18(17)22-23-19)21-10-11-24-12-14-25(15-13-24)16-6-2-1-3-7-16/h1-9H,10-15H2,(H,21,26)(H,22,23). The van der Waals surface area contributed by atoms with Gasteiger partial charge in [0, 0.05) is 50.3 Å². The molecule has 1 aliphatic rings. The molecule has 134 valence electrons. The van der Waals surface area contributed by atoms with Crippen molar-refractivity contribution in [3.8, 4) is 0 Å². The first kappa shape index (κ1) is 16.6. The molecule has 1 amide bonds. The Morgan fingerprint density at radius 3 is 2.54 bits per heavy atom. The molecule has 1 fully saturated rings. The van der Waals surface area contributed by atoms with Gasteiger partial charge in [-0.15, -0.1) is 0 Å². The van der Waals surface area contributed by atoms with Gasteiger partial charge in [0.2, 0.25) is 0 Å². The first-order valence-electron chi connectivity index (χ1n) is 9.05. The van der Waals surface area contributed by atoms with Crippen LogP contribution >= 0.6 is 0 Å². The molecule has 0 radical (unpaired) electrons. The van der Waals surface area contributed by atoms with E-state index < -0.39 is 0 Å². The highest BCUT2D eigenvalue weighted by atomic mass is 16.1. The zero-order valence-electron chi connectivity index (χ0n) is 14.7. The number of benzene rings is 2. The number of anilines is 1. The van der Waals surface area contributed by atoms with Crippen LogP contribution in [0.3, 0.4) is 0 Å². The number of piperazine rings is 1. The maximum atomic E-state index is 12.4. The lowest BCUT2D eigenvalue weighted by molar-refractivity contribution is 0.0944. The fraction of sp³-hybridized carbons (Fsp3) is 0.300. The van der Waals surface area contributed by atoms with Crippen molar-refractivity contribution in [2.75, 3.05) is 44.2 Å². The van der Waals surface area contributed by atoms with Gasteiger partial charge in [-0.1, -0.05) is 36.4 Å². The lowest BCUT2D eigenvalue weighted by Crippen LogP contribution is -2.48. The Balaban J connectivity index is 1.25. The van der Waals surface area contributed by atoms with Gasteiger partial charge in [-0.05, 0) is 18.2 Å². The van der Waals surface area contributed by atoms with Gasteiger partial charge in [0.15, 0.2) is 5.69 Å². The van der Waals surface area contributed by atoms with Crippen LogP contribution in [-0.2, 0) is 0 Å². The van der Waals surface area contributed by atoms with Crippen LogP contribution in [-0.4, -0.2) is 60.3 Å². The molecule has 2 aromatic carbocycles. The molecular formula is C20H23N5O. The molecule has 3 aromatic rings. The summed E-state index contributed by atoms with van der Waals surface area (Å²) in [7, 11) is 0. The van der Waals surface area contributed by atoms with Crippen LogP contribution in [0, 0.1) is 0 Å². The molecular weight excluding hydrogens is 326 g/mol. The molecule has 0 aliphatic carbocycles. The molecule has 1 saturated heterocycles. The Bertz CT molecular complexity index is 868. The zero-order chi connectivity index (χ0) is 17.8. The number of fused-ring (bicyclic) bond motifs is 1. The zero-order valence-corrected chi connectivity index (χ0v) is 14.7. The smallest absolute Gasteiger partial charge is 0.272 e. The number of carbonyl (C=O) groups is 1. The van der Waals surface area contributed by atoms with Crippen LogP contribution < -0.4 is 10.2 Å². The normalized spacial score (nSPS) is 15.3. The van der Waals surface area contributed by atoms with E-state index in [-0.39, 0.29) is 5.91 Å². The van der Waals surface area contributed by atoms with Gasteiger partial charge < -0.3 is 10.2 Å². The monoisotopic (exact) mass is 349 g/mol. The fourth-order valence-electron chi connectivity index (χ4n) is 3.42. The molecule has 0 bridgehead atoms. The predicted molar refractivity (Wildman–Crippen MR) is 104 cm³/mol. The van der Waals surface area contributed by atoms with E-state index in [1.807, 2.05) is 30.3 Å². The minimum atomic E-state index is -0.120. The van der Waals surface area contributed by atoms with E-state index >= 15 is 0 Å². The third-order valence-electron chi connectivity index (χ3n) is 4.89. The number of aromatic amines is 1. The molecule has 0 atom stereocenters. The van der Waals surface area contributed by atoms with Crippen molar-refractivity contribution in [3.63, 3.8) is 0 Å². The Kier molecular flexibility index (Phi) is 4.84. The molecule has 2 N–H and O–H groups in total. The summed E-state index contributed by atoms with van der Waals surface area (Å²) in [5.74, 6) is -0.120. The van der Waals surface area contributed by atoms with E-state index in [0.717, 1.165) is 43.6 Å². The summed E-state index contributed by atoms with van der Waals surface area (Å²) >= 11 is 0. The number of carbonyl (C=O) groups excluding carboxylic acids is 1. The quantitative estimate of drug-likeness (QED) is 0.741. The lowest BCUT2D eigenvalue weighted by atomic mass is 10.2. The molecule has 0 unspecified atom stereocenters. The van der Waals surface area contributed by atoms with E-state index in [4.69, 9.17) is 0 Å². The van der Waals surface area contributed by atoms with E-state index in [0.29, 0.717) is 12.2 Å². The molecule has 2 heterocycles. The highest BCUT2D eigenvalue weighted by Gasteiger charge is 2.18. The van der Waals surface area contributed by atoms with Gasteiger partial charge in [-0.25, -0.2) is 0 Å². The highest BCUT2D eigenvalue weighted by molar-refractivity contribution is 6.04. The van der Waals surface area contributed by atoms with Gasteiger partial charge in [-0.3, -0.25) is 14.8 Å². The number of rotatable bonds is 5. The minimum Gasteiger partial charge on any atom is -0.369 e. The second-order valence-corrected chi connectivity index (χ2v) is 6.54. The number of H-pyrrole nitrogens is 1. The van der Waals surface area contributed by atoms with Crippen LogP contribution in [0.5, 0.6) is 0 Å². The number of nitrogens with one attached hydrogen (secondary N) is 2. The Labute approximate surface area is 152 Å². The maximum absolute atomic E-state index is 12.4. The van der Waals surface area contributed by atoms with E-state index in [9.17, 15) is 4.79 Å². The molecule has 1 aromatic heterocycles. The summed E-state index contributed by atoms with van der Waals surface area (Å²) in [5.41, 5.74) is 2.63. The summed E-state index contributed by atoms with van der Waals surface area (Å²) in [4.78, 5) is 17.2. The number of aromatic nitrogens is 2. The third-order valence-corrected chi connectivity index (χ3v) is 4.89. The number of nitrogens with zero attached hydrogens (tertiary/aromatic N) is 3. The topological polar surface area (TPSA) is 64.3 Å². The maximum Gasteiger partial charge on any atom is 0.272 e. The molecule has 26 heavy (non-hydrogen) atoms. The third kappa shape index (κ3) is 3.55. The van der Waals surface area contributed by atoms with Crippen molar-refractivity contribution < 1.29 is 4.79 Å². The number of para-hydroxylation sites is 2. The van der Waals surface area contributed by atoms with Crippen molar-refractivity contribution in [1.29, 1.82) is 0 Å². The van der Waals surface area contributed by atoms with Crippen molar-refractivity contribution in [3.05, 3.63) is 60.3 Å². The first-order chi connectivity index (χ1) is 12.8. The Hall–Kier alpha value is -2.86. The van der Waals surface area contributed by atoms with Crippen molar-refractivity contribution in [2.24, 2.45) is 0 Å². The summed E-state index contributed by atoms with van der Waals surface area (Å²) in [5, 5.41) is 10.9. The Morgan fingerprint density at radius 2 is 1.73 bits per heavy atom. The summed E-state index contributed by atoms with van der Waals surface area (Å²) in [6.45, 7) is 5.54. The van der Waals surface area contributed by atoms with Gasteiger partial charge in [0.25, 0.3) is 5.91 Å². The van der Waals surface area contributed by atoms with Gasteiger partial charge >= 0.3 is 0 Å². The molecule has 4 rings (SSSR count). The average molecular weight is 349 g/mol. The molecule has 0 saturated carbocycles. The fourth-order valence-corrected chi connectivity index (χ4v) is 3.42. The van der Waals surface area contributed by atoms with Crippen LogP contribution in [0.15, 0.2) is 54.6 Å². The SMILES string of the molecule is O=C(NCCN1CCN(c2ccccc2)CC1)c1n[nH]c2ccccc12. The second kappa shape index (κ2) is 7.58. The summed E-state index contributed by atoms with van der Waals surface area (Å²) < 4.78 is 0. The van der Waals surface area contributed by atoms with Crippen molar-refractivity contribution >= 4 is 22.5 Å². The summed E-state index contributed by atoms with van der Waals surface area (Å²) in [6, 6.07) is 18.2. The van der Waals surface area contributed by atoms with E-state index in [1.54, 1.807) is 0 Å². The number of amides is 1. The highest BCUT2D eigenvalue weighted by Crippen LogP contribution is 2.16. The molecule has 0 spiro atoms. The average Bonchev–Trinajstić information content (AvgIpc) is 3.13. The molecule has 6 nitrogen and oxygen atoms in total.